The molecular weight excluding hydrogens is 312 g/mol. The fourth-order valence-electron chi connectivity index (χ4n) is 3.47. The number of aliphatic hydroxyl groups excluding tert-OH is 1. The van der Waals surface area contributed by atoms with Crippen LogP contribution in [0.4, 0.5) is 11.8 Å². The van der Waals surface area contributed by atoms with Gasteiger partial charge in [0, 0.05) is 31.6 Å². The Kier molecular flexibility index (Phi) is 4.34. The van der Waals surface area contributed by atoms with Gasteiger partial charge in [0.05, 0.1) is 11.8 Å². The molecule has 1 aliphatic heterocycles. The summed E-state index contributed by atoms with van der Waals surface area (Å²) in [5.74, 6) is 2.39. The van der Waals surface area contributed by atoms with Crippen molar-refractivity contribution in [1.82, 2.24) is 9.97 Å². The summed E-state index contributed by atoms with van der Waals surface area (Å²) in [4.78, 5) is 11.8. The van der Waals surface area contributed by atoms with Crippen molar-refractivity contribution in [1.29, 1.82) is 0 Å². The highest BCUT2D eigenvalue weighted by atomic mass is 16.3. The van der Waals surface area contributed by atoms with Crippen molar-refractivity contribution in [2.75, 3.05) is 23.3 Å². The van der Waals surface area contributed by atoms with E-state index in [1.807, 2.05) is 13.0 Å². The molecule has 2 heterocycles. The first kappa shape index (κ1) is 16.3. The molecular formula is C20H26N4O. The van der Waals surface area contributed by atoms with Gasteiger partial charge in [-0.3, -0.25) is 0 Å². The summed E-state index contributed by atoms with van der Waals surface area (Å²) in [6, 6.07) is 8.51. The highest BCUT2D eigenvalue weighted by Crippen LogP contribution is 2.40. The van der Waals surface area contributed by atoms with Gasteiger partial charge in [-0.1, -0.05) is 18.2 Å². The summed E-state index contributed by atoms with van der Waals surface area (Å²) in [6.45, 7) is 6.53. The predicted octanol–water partition coefficient (Wildman–Crippen LogP) is 3.40. The van der Waals surface area contributed by atoms with Gasteiger partial charge < -0.3 is 15.3 Å². The molecule has 2 N–H and O–H groups in total. The molecule has 1 aromatic heterocycles. The molecule has 0 spiro atoms. The van der Waals surface area contributed by atoms with E-state index in [0.29, 0.717) is 5.92 Å². The maximum Gasteiger partial charge on any atom is 0.224 e. The van der Waals surface area contributed by atoms with Gasteiger partial charge in [0.2, 0.25) is 5.95 Å². The topological polar surface area (TPSA) is 61.3 Å². The highest BCUT2D eigenvalue weighted by Gasteiger charge is 2.27. The van der Waals surface area contributed by atoms with Gasteiger partial charge in [-0.05, 0) is 49.8 Å². The Labute approximate surface area is 149 Å². The van der Waals surface area contributed by atoms with E-state index in [-0.39, 0.29) is 0 Å². The predicted molar refractivity (Wildman–Crippen MR) is 100 cm³/mol. The third kappa shape index (κ3) is 3.47. The smallest absolute Gasteiger partial charge is 0.224 e. The SMILES string of the molecule is CCNc1nc(C2CC2)cc(N2CCc3cc([C@@H](C)O)ccc3C2)n1. The molecule has 1 fully saturated rings. The normalized spacial score (nSPS) is 18.0. The molecule has 1 atom stereocenters. The Morgan fingerprint density at radius 2 is 2.08 bits per heavy atom. The molecule has 5 nitrogen and oxygen atoms in total. The summed E-state index contributed by atoms with van der Waals surface area (Å²) >= 11 is 0. The average Bonchev–Trinajstić information content (AvgIpc) is 3.46. The van der Waals surface area contributed by atoms with Crippen LogP contribution in [0.5, 0.6) is 0 Å². The Balaban J connectivity index is 1.60. The lowest BCUT2D eigenvalue weighted by atomic mass is 9.96. The van der Waals surface area contributed by atoms with Gasteiger partial charge in [0.1, 0.15) is 5.82 Å². The lowest BCUT2D eigenvalue weighted by molar-refractivity contribution is 0.199. The van der Waals surface area contributed by atoms with Crippen molar-refractivity contribution in [3.05, 3.63) is 46.6 Å². The van der Waals surface area contributed by atoms with Crippen LogP contribution in [0.25, 0.3) is 0 Å². The Bertz CT molecular complexity index is 770. The first-order valence-corrected chi connectivity index (χ1v) is 9.31. The third-order valence-corrected chi connectivity index (χ3v) is 5.11. The molecule has 0 amide bonds. The summed E-state index contributed by atoms with van der Waals surface area (Å²) in [5, 5.41) is 13.1. The second-order valence-corrected chi connectivity index (χ2v) is 7.15. The number of rotatable bonds is 5. The molecule has 0 unspecified atom stereocenters. The summed E-state index contributed by atoms with van der Waals surface area (Å²) in [6.07, 6.45) is 3.06. The molecule has 5 heteroatoms. The maximum absolute atomic E-state index is 9.79. The van der Waals surface area contributed by atoms with Crippen LogP contribution in [0.15, 0.2) is 24.3 Å². The number of nitrogens with zero attached hydrogens (tertiary/aromatic N) is 3. The van der Waals surface area contributed by atoms with E-state index in [0.717, 1.165) is 43.4 Å². The summed E-state index contributed by atoms with van der Waals surface area (Å²) < 4.78 is 0. The lowest BCUT2D eigenvalue weighted by Gasteiger charge is -2.30. The maximum atomic E-state index is 9.79. The van der Waals surface area contributed by atoms with E-state index in [4.69, 9.17) is 4.98 Å². The molecule has 2 aromatic rings. The monoisotopic (exact) mass is 338 g/mol. The van der Waals surface area contributed by atoms with Crippen LogP contribution in [0.3, 0.4) is 0 Å². The number of aromatic nitrogens is 2. The van der Waals surface area contributed by atoms with Crippen LogP contribution in [-0.4, -0.2) is 28.2 Å². The molecule has 0 saturated heterocycles. The molecule has 4 rings (SSSR count). The number of benzene rings is 1. The van der Waals surface area contributed by atoms with Crippen molar-refractivity contribution in [2.24, 2.45) is 0 Å². The van der Waals surface area contributed by atoms with Crippen LogP contribution >= 0.6 is 0 Å². The zero-order valence-corrected chi connectivity index (χ0v) is 15.0. The van der Waals surface area contributed by atoms with Crippen molar-refractivity contribution in [3.63, 3.8) is 0 Å². The molecule has 1 aromatic carbocycles. The number of nitrogens with one attached hydrogen (secondary N) is 1. The average molecular weight is 338 g/mol. The summed E-state index contributed by atoms with van der Waals surface area (Å²) in [5.41, 5.74) is 4.85. The van der Waals surface area contributed by atoms with E-state index in [9.17, 15) is 5.11 Å². The van der Waals surface area contributed by atoms with Crippen molar-refractivity contribution >= 4 is 11.8 Å². The van der Waals surface area contributed by atoms with Crippen LogP contribution < -0.4 is 10.2 Å². The first-order valence-electron chi connectivity index (χ1n) is 9.31. The van der Waals surface area contributed by atoms with Gasteiger partial charge in [-0.15, -0.1) is 0 Å². The molecule has 1 aliphatic carbocycles. The van der Waals surface area contributed by atoms with Crippen molar-refractivity contribution in [2.45, 2.75) is 51.7 Å². The molecule has 25 heavy (non-hydrogen) atoms. The molecule has 1 saturated carbocycles. The molecule has 2 aliphatic rings. The standard InChI is InChI=1S/C20H26N4O/c1-3-21-20-22-18(14-4-5-14)11-19(23-20)24-9-8-16-10-15(13(2)25)6-7-17(16)12-24/h6-7,10-11,13-14,25H,3-5,8-9,12H2,1-2H3,(H,21,22,23)/t13-/m1/s1. The molecule has 0 radical (unpaired) electrons. The number of fused-ring (bicyclic) bond motifs is 1. The minimum atomic E-state index is -0.408. The Morgan fingerprint density at radius 1 is 1.24 bits per heavy atom. The van der Waals surface area contributed by atoms with E-state index in [1.54, 1.807) is 0 Å². The first-order chi connectivity index (χ1) is 12.1. The summed E-state index contributed by atoms with van der Waals surface area (Å²) in [7, 11) is 0. The minimum absolute atomic E-state index is 0.408. The fourth-order valence-corrected chi connectivity index (χ4v) is 3.47. The minimum Gasteiger partial charge on any atom is -0.389 e. The second-order valence-electron chi connectivity index (χ2n) is 7.15. The zero-order chi connectivity index (χ0) is 17.4. The highest BCUT2D eigenvalue weighted by molar-refractivity contribution is 5.49. The number of aliphatic hydroxyl groups is 1. The quantitative estimate of drug-likeness (QED) is 0.875. The molecule has 0 bridgehead atoms. The van der Waals surface area contributed by atoms with Crippen LogP contribution in [0.2, 0.25) is 0 Å². The zero-order valence-electron chi connectivity index (χ0n) is 15.0. The second kappa shape index (κ2) is 6.64. The fraction of sp³-hybridized carbons (Fsp3) is 0.500. The largest absolute Gasteiger partial charge is 0.389 e. The van der Waals surface area contributed by atoms with Crippen LogP contribution in [0.1, 0.15) is 61.1 Å². The Hall–Kier alpha value is -2.14. The van der Waals surface area contributed by atoms with Gasteiger partial charge in [0.25, 0.3) is 0 Å². The van der Waals surface area contributed by atoms with Crippen LogP contribution in [-0.2, 0) is 13.0 Å². The lowest BCUT2D eigenvalue weighted by Crippen LogP contribution is -2.31. The number of anilines is 2. The van der Waals surface area contributed by atoms with Gasteiger partial charge in [-0.25, -0.2) is 4.98 Å². The number of hydrogen-bond acceptors (Lipinski definition) is 5. The molecule has 132 valence electrons. The van der Waals surface area contributed by atoms with E-state index < -0.39 is 6.10 Å². The van der Waals surface area contributed by atoms with Gasteiger partial charge in [0.15, 0.2) is 0 Å². The van der Waals surface area contributed by atoms with Crippen molar-refractivity contribution in [3.8, 4) is 0 Å². The van der Waals surface area contributed by atoms with E-state index >= 15 is 0 Å². The van der Waals surface area contributed by atoms with Gasteiger partial charge >= 0.3 is 0 Å². The van der Waals surface area contributed by atoms with Crippen LogP contribution in [0, 0.1) is 0 Å². The van der Waals surface area contributed by atoms with E-state index in [1.165, 1.54) is 29.7 Å². The number of hydrogen-bond donors (Lipinski definition) is 2. The third-order valence-electron chi connectivity index (χ3n) is 5.11. The Morgan fingerprint density at radius 3 is 2.80 bits per heavy atom. The van der Waals surface area contributed by atoms with E-state index in [2.05, 4.69) is 40.3 Å². The van der Waals surface area contributed by atoms with Gasteiger partial charge in [-0.2, -0.15) is 4.98 Å². The van der Waals surface area contributed by atoms with Crippen molar-refractivity contribution < 1.29 is 5.11 Å².